The number of ether oxygens (including phenoxy) is 1. The Kier molecular flexibility index (Phi) is 6.71. The zero-order valence-corrected chi connectivity index (χ0v) is 18.1. The van der Waals surface area contributed by atoms with Crippen molar-refractivity contribution in [2.45, 2.75) is 39.5 Å². The smallest absolute Gasteiger partial charge is 0.329 e. The van der Waals surface area contributed by atoms with Crippen LogP contribution in [0.15, 0.2) is 51.7 Å². The first kappa shape index (κ1) is 21.8. The number of imidazole rings is 1. The number of para-hydroxylation sites is 2. The average molecular weight is 478 g/mol. The third kappa shape index (κ3) is 4.62. The molecule has 0 fully saturated rings. The number of hydrogen-bond acceptors (Lipinski definition) is 4. The first-order chi connectivity index (χ1) is 14.3. The summed E-state index contributed by atoms with van der Waals surface area (Å²) in [4.78, 5) is 37.4. The lowest BCUT2D eigenvalue weighted by molar-refractivity contribution is -0.153. The highest BCUT2D eigenvalue weighted by Crippen LogP contribution is 2.20. The van der Waals surface area contributed by atoms with Gasteiger partial charge in [-0.2, -0.15) is 0 Å². The molecular weight excluding hydrogens is 457 g/mol. The largest absolute Gasteiger partial charge is 0.451 e. The Morgan fingerprint density at radius 3 is 2.47 bits per heavy atom. The highest BCUT2D eigenvalue weighted by molar-refractivity contribution is 9.10. The number of carbonyl (C=O) groups is 2. The zero-order valence-electron chi connectivity index (χ0n) is 16.5. The Labute approximate surface area is 180 Å². The molecule has 1 atom stereocenters. The minimum atomic E-state index is -1.17. The van der Waals surface area contributed by atoms with Gasteiger partial charge in [-0.15, -0.1) is 0 Å². The number of amides is 1. The van der Waals surface area contributed by atoms with E-state index in [1.54, 1.807) is 22.8 Å². The lowest BCUT2D eigenvalue weighted by atomic mass is 10.3. The van der Waals surface area contributed by atoms with Crippen LogP contribution < -0.4 is 11.0 Å². The summed E-state index contributed by atoms with van der Waals surface area (Å²) in [5, 5.41) is 2.38. The predicted molar refractivity (Wildman–Crippen MR) is 115 cm³/mol. The molecule has 3 aromatic rings. The Hall–Kier alpha value is -2.94. The molecule has 1 aromatic heterocycles. The number of aromatic nitrogens is 2. The van der Waals surface area contributed by atoms with Crippen LogP contribution in [-0.2, 0) is 27.4 Å². The van der Waals surface area contributed by atoms with Gasteiger partial charge >= 0.3 is 11.7 Å². The SMILES string of the molecule is CCCn1c(=O)n(CC(=O)OC(C)C(=O)Nc2ccc(Br)cc2F)c2ccccc21. The van der Waals surface area contributed by atoms with Crippen LogP contribution in [0.2, 0.25) is 0 Å². The number of nitrogens with one attached hydrogen (secondary N) is 1. The van der Waals surface area contributed by atoms with Crippen molar-refractivity contribution in [2.75, 3.05) is 5.32 Å². The molecule has 1 heterocycles. The molecule has 0 saturated carbocycles. The topological polar surface area (TPSA) is 82.3 Å². The van der Waals surface area contributed by atoms with E-state index in [1.165, 1.54) is 23.6 Å². The summed E-state index contributed by atoms with van der Waals surface area (Å²) in [5.74, 6) is -2.03. The van der Waals surface area contributed by atoms with Gasteiger partial charge < -0.3 is 10.1 Å². The van der Waals surface area contributed by atoms with Crippen LogP contribution in [0.4, 0.5) is 10.1 Å². The Bertz CT molecular complexity index is 1150. The molecule has 0 saturated heterocycles. The molecule has 3 rings (SSSR count). The highest BCUT2D eigenvalue weighted by atomic mass is 79.9. The van der Waals surface area contributed by atoms with Crippen molar-refractivity contribution in [3.63, 3.8) is 0 Å². The Morgan fingerprint density at radius 1 is 1.17 bits per heavy atom. The van der Waals surface area contributed by atoms with E-state index in [0.717, 1.165) is 11.9 Å². The first-order valence-electron chi connectivity index (χ1n) is 9.45. The maximum absolute atomic E-state index is 13.9. The monoisotopic (exact) mass is 477 g/mol. The van der Waals surface area contributed by atoms with Gasteiger partial charge in [0.1, 0.15) is 12.4 Å². The van der Waals surface area contributed by atoms with E-state index in [-0.39, 0.29) is 17.9 Å². The second-order valence-corrected chi connectivity index (χ2v) is 7.67. The predicted octanol–water partition coefficient (Wildman–Crippen LogP) is 3.69. The van der Waals surface area contributed by atoms with E-state index in [4.69, 9.17) is 4.74 Å². The van der Waals surface area contributed by atoms with Crippen LogP contribution in [0.1, 0.15) is 20.3 Å². The van der Waals surface area contributed by atoms with Crippen LogP contribution in [0.5, 0.6) is 0 Å². The summed E-state index contributed by atoms with van der Waals surface area (Å²) in [6, 6.07) is 11.4. The molecule has 158 valence electrons. The van der Waals surface area contributed by atoms with Gasteiger partial charge in [-0.3, -0.25) is 18.7 Å². The van der Waals surface area contributed by atoms with Crippen molar-refractivity contribution in [1.29, 1.82) is 0 Å². The van der Waals surface area contributed by atoms with Crippen molar-refractivity contribution in [2.24, 2.45) is 0 Å². The van der Waals surface area contributed by atoms with Gasteiger partial charge in [0.05, 0.1) is 16.7 Å². The lowest BCUT2D eigenvalue weighted by Gasteiger charge is -2.14. The Morgan fingerprint density at radius 2 is 1.83 bits per heavy atom. The van der Waals surface area contributed by atoms with E-state index in [1.807, 2.05) is 19.1 Å². The number of hydrogen-bond donors (Lipinski definition) is 1. The van der Waals surface area contributed by atoms with Crippen molar-refractivity contribution >= 4 is 44.5 Å². The summed E-state index contributed by atoms with van der Waals surface area (Å²) < 4.78 is 22.5. The van der Waals surface area contributed by atoms with Crippen molar-refractivity contribution in [3.05, 3.63) is 63.2 Å². The van der Waals surface area contributed by atoms with Gasteiger partial charge in [0, 0.05) is 11.0 Å². The molecule has 9 heteroatoms. The molecular formula is C21H21BrFN3O4. The molecule has 0 aliphatic carbocycles. The van der Waals surface area contributed by atoms with E-state index < -0.39 is 23.8 Å². The normalized spacial score (nSPS) is 12.0. The van der Waals surface area contributed by atoms with Crippen LogP contribution in [-0.4, -0.2) is 27.1 Å². The molecule has 30 heavy (non-hydrogen) atoms. The summed E-state index contributed by atoms with van der Waals surface area (Å²) in [5.41, 5.74) is 1.00. The molecule has 2 aromatic carbocycles. The van der Waals surface area contributed by atoms with Crippen molar-refractivity contribution in [3.8, 4) is 0 Å². The number of anilines is 1. The molecule has 0 aliphatic rings. The summed E-state index contributed by atoms with van der Waals surface area (Å²) in [6.07, 6.45) is -0.400. The quantitative estimate of drug-likeness (QED) is 0.526. The fourth-order valence-corrected chi connectivity index (χ4v) is 3.44. The minimum Gasteiger partial charge on any atom is -0.451 e. The van der Waals surface area contributed by atoms with Crippen molar-refractivity contribution < 1.29 is 18.7 Å². The molecule has 1 N–H and O–H groups in total. The molecule has 0 radical (unpaired) electrons. The zero-order chi connectivity index (χ0) is 21.8. The van der Waals surface area contributed by atoms with Gasteiger partial charge in [-0.1, -0.05) is 35.0 Å². The fraction of sp³-hybridized carbons (Fsp3) is 0.286. The molecule has 0 spiro atoms. The molecule has 0 aliphatic heterocycles. The van der Waals surface area contributed by atoms with E-state index in [2.05, 4.69) is 21.2 Å². The maximum Gasteiger partial charge on any atom is 0.329 e. The third-order valence-electron chi connectivity index (χ3n) is 4.53. The number of benzene rings is 2. The summed E-state index contributed by atoms with van der Waals surface area (Å²) in [6.45, 7) is 3.54. The van der Waals surface area contributed by atoms with E-state index in [9.17, 15) is 18.8 Å². The number of halogens is 2. The molecule has 1 amide bonds. The van der Waals surface area contributed by atoms with E-state index >= 15 is 0 Å². The lowest BCUT2D eigenvalue weighted by Crippen LogP contribution is -2.33. The summed E-state index contributed by atoms with van der Waals surface area (Å²) in [7, 11) is 0. The van der Waals surface area contributed by atoms with Crippen LogP contribution >= 0.6 is 15.9 Å². The van der Waals surface area contributed by atoms with Crippen LogP contribution in [0.3, 0.4) is 0 Å². The minimum absolute atomic E-state index is 0.0232. The standard InChI is InChI=1S/C21H21BrFN3O4/c1-3-10-25-17-6-4-5-7-18(17)26(21(25)29)12-19(27)30-13(2)20(28)24-16-9-8-14(22)11-15(16)23/h4-9,11,13H,3,10,12H2,1-2H3,(H,24,28). The van der Waals surface area contributed by atoms with Gasteiger partial charge in [0.25, 0.3) is 5.91 Å². The highest BCUT2D eigenvalue weighted by Gasteiger charge is 2.21. The number of carbonyl (C=O) groups excluding carboxylic acids is 2. The average Bonchev–Trinajstić information content (AvgIpc) is 2.96. The van der Waals surface area contributed by atoms with Crippen LogP contribution in [0.25, 0.3) is 11.0 Å². The van der Waals surface area contributed by atoms with Crippen molar-refractivity contribution in [1.82, 2.24) is 9.13 Å². The Balaban J connectivity index is 1.72. The first-order valence-corrected chi connectivity index (χ1v) is 10.2. The second-order valence-electron chi connectivity index (χ2n) is 6.75. The number of rotatable bonds is 7. The fourth-order valence-electron chi connectivity index (χ4n) is 3.11. The molecule has 7 nitrogen and oxygen atoms in total. The summed E-state index contributed by atoms with van der Waals surface area (Å²) >= 11 is 3.14. The van der Waals surface area contributed by atoms with E-state index in [0.29, 0.717) is 16.5 Å². The second kappa shape index (κ2) is 9.25. The number of esters is 1. The third-order valence-corrected chi connectivity index (χ3v) is 5.02. The van der Waals surface area contributed by atoms with Crippen LogP contribution in [0, 0.1) is 5.82 Å². The van der Waals surface area contributed by atoms with Gasteiger partial charge in [0.2, 0.25) is 0 Å². The molecule has 1 unspecified atom stereocenters. The number of nitrogens with zero attached hydrogens (tertiary/aromatic N) is 2. The number of fused-ring (bicyclic) bond motifs is 1. The maximum atomic E-state index is 13.9. The van der Waals surface area contributed by atoms with Gasteiger partial charge in [0.15, 0.2) is 6.10 Å². The molecule has 0 bridgehead atoms. The number of aryl methyl sites for hydroxylation is 1. The van der Waals surface area contributed by atoms with Gasteiger partial charge in [-0.25, -0.2) is 9.18 Å². The van der Waals surface area contributed by atoms with Gasteiger partial charge in [-0.05, 0) is 43.7 Å².